The third kappa shape index (κ3) is 4.12. The van der Waals surface area contributed by atoms with Gasteiger partial charge in [0.1, 0.15) is 11.2 Å². The highest BCUT2D eigenvalue weighted by atomic mass is 35.5. The van der Waals surface area contributed by atoms with E-state index in [1.54, 1.807) is 0 Å². The van der Waals surface area contributed by atoms with Gasteiger partial charge in [-0.2, -0.15) is 0 Å². The van der Waals surface area contributed by atoms with Crippen LogP contribution in [0.2, 0.25) is 5.02 Å². The quantitative estimate of drug-likeness (QED) is 0.215. The fourth-order valence-corrected chi connectivity index (χ4v) is 5.89. The van der Waals surface area contributed by atoms with E-state index in [1.165, 1.54) is 0 Å². The zero-order valence-corrected chi connectivity index (χ0v) is 23.1. The lowest BCUT2D eigenvalue weighted by molar-refractivity contribution is 0.669. The average molecular weight is 560 g/mol. The van der Waals surface area contributed by atoms with Crippen LogP contribution in [0.5, 0.6) is 0 Å². The van der Waals surface area contributed by atoms with Gasteiger partial charge in [0.2, 0.25) is 0 Å². The summed E-state index contributed by atoms with van der Waals surface area (Å²) in [7, 11) is 0. The Morgan fingerprint density at radius 1 is 0.429 bits per heavy atom. The second-order valence-electron chi connectivity index (χ2n) is 10.2. The first-order valence-electron chi connectivity index (χ1n) is 13.7. The number of halogens is 1. The van der Waals surface area contributed by atoms with Crippen molar-refractivity contribution in [3.63, 3.8) is 0 Å². The van der Waals surface area contributed by atoms with Crippen molar-refractivity contribution >= 4 is 44.3 Å². The minimum atomic E-state index is 0.569. The molecule has 0 radical (unpaired) electrons. The summed E-state index contributed by atoms with van der Waals surface area (Å²) in [6, 6.07) is 44.6. The smallest absolute Gasteiger partial charge is 0.165 e. The summed E-state index contributed by atoms with van der Waals surface area (Å²) in [5.41, 5.74) is 6.31. The second-order valence-corrected chi connectivity index (χ2v) is 10.6. The fraction of sp³-hybridized carbons (Fsp3) is 0. The predicted molar refractivity (Wildman–Crippen MR) is 171 cm³/mol. The van der Waals surface area contributed by atoms with Crippen molar-refractivity contribution in [2.75, 3.05) is 0 Å². The number of aromatic nitrogens is 3. The van der Waals surface area contributed by atoms with Crippen LogP contribution in [-0.2, 0) is 0 Å². The summed E-state index contributed by atoms with van der Waals surface area (Å²) in [4.78, 5) is 15.2. The van der Waals surface area contributed by atoms with Gasteiger partial charge in [0.15, 0.2) is 17.5 Å². The number of para-hydroxylation sites is 1. The summed E-state index contributed by atoms with van der Waals surface area (Å²) >= 11 is 6.85. The molecule has 0 saturated carbocycles. The molecule has 2 aromatic heterocycles. The third-order valence-corrected chi connectivity index (χ3v) is 7.92. The number of fused-ring (bicyclic) bond motifs is 4. The molecular formula is C37H22ClN3O. The molecule has 6 aromatic carbocycles. The normalized spacial score (nSPS) is 11.5. The molecular weight excluding hydrogens is 538 g/mol. The van der Waals surface area contributed by atoms with Gasteiger partial charge < -0.3 is 4.42 Å². The number of hydrogen-bond acceptors (Lipinski definition) is 4. The second kappa shape index (κ2) is 9.95. The molecule has 0 amide bonds. The van der Waals surface area contributed by atoms with Gasteiger partial charge >= 0.3 is 0 Å². The monoisotopic (exact) mass is 559 g/mol. The summed E-state index contributed by atoms with van der Waals surface area (Å²) in [5.74, 6) is 1.74. The SMILES string of the molecule is Clc1cc(-c2ccccc2)c(-c2nc(-c3ccccc3)nc(-c3ccc4c(c3)oc3ccccc34)n2)c2ccccc12. The molecule has 2 heterocycles. The maximum Gasteiger partial charge on any atom is 0.165 e. The topological polar surface area (TPSA) is 51.8 Å². The van der Waals surface area contributed by atoms with Crippen LogP contribution >= 0.6 is 11.6 Å². The van der Waals surface area contributed by atoms with Crippen molar-refractivity contribution < 1.29 is 4.42 Å². The molecule has 0 fully saturated rings. The standard InChI is InChI=1S/C37H22ClN3O/c38-31-22-30(23-11-3-1-4-12-23)34(29-17-8-7-15-26(29)31)37-40-35(24-13-5-2-6-14-24)39-36(41-37)25-19-20-28-27-16-9-10-18-32(27)42-33(28)21-25/h1-22H. The van der Waals surface area contributed by atoms with Crippen molar-refractivity contribution in [1.29, 1.82) is 0 Å². The lowest BCUT2D eigenvalue weighted by atomic mass is 9.93. The highest BCUT2D eigenvalue weighted by Gasteiger charge is 2.20. The Bertz CT molecular complexity index is 2260. The molecule has 0 aliphatic rings. The summed E-state index contributed by atoms with van der Waals surface area (Å²) in [5, 5.41) is 4.75. The van der Waals surface area contributed by atoms with Gasteiger partial charge in [-0.15, -0.1) is 0 Å². The van der Waals surface area contributed by atoms with Crippen molar-refractivity contribution in [2.45, 2.75) is 0 Å². The van der Waals surface area contributed by atoms with Crippen molar-refractivity contribution in [3.05, 3.63) is 138 Å². The Hall–Kier alpha value is -5.32. The van der Waals surface area contributed by atoms with E-state index >= 15 is 0 Å². The zero-order chi connectivity index (χ0) is 28.0. The van der Waals surface area contributed by atoms with Crippen molar-refractivity contribution in [2.24, 2.45) is 0 Å². The van der Waals surface area contributed by atoms with E-state index < -0.39 is 0 Å². The highest BCUT2D eigenvalue weighted by molar-refractivity contribution is 6.36. The van der Waals surface area contributed by atoms with Gasteiger partial charge in [-0.1, -0.05) is 121 Å². The number of nitrogens with zero attached hydrogens (tertiary/aromatic N) is 3. The van der Waals surface area contributed by atoms with Gasteiger partial charge in [-0.25, -0.2) is 15.0 Å². The molecule has 8 aromatic rings. The number of benzene rings is 6. The molecule has 5 heteroatoms. The van der Waals surface area contributed by atoms with E-state index in [4.69, 9.17) is 31.0 Å². The maximum atomic E-state index is 6.85. The fourth-order valence-electron chi connectivity index (χ4n) is 5.62. The van der Waals surface area contributed by atoms with Gasteiger partial charge in [0.05, 0.1) is 0 Å². The minimum Gasteiger partial charge on any atom is -0.456 e. The zero-order valence-electron chi connectivity index (χ0n) is 22.3. The molecule has 8 rings (SSSR count). The van der Waals surface area contributed by atoms with Crippen LogP contribution in [0, 0.1) is 0 Å². The van der Waals surface area contributed by atoms with Crippen molar-refractivity contribution in [3.8, 4) is 45.3 Å². The van der Waals surface area contributed by atoms with Crippen LogP contribution in [-0.4, -0.2) is 15.0 Å². The molecule has 0 bridgehead atoms. The van der Waals surface area contributed by atoms with Gasteiger partial charge in [-0.05, 0) is 40.8 Å². The lowest BCUT2D eigenvalue weighted by Gasteiger charge is -2.16. The summed E-state index contributed by atoms with van der Waals surface area (Å²) in [6.45, 7) is 0. The first-order chi connectivity index (χ1) is 20.7. The molecule has 0 atom stereocenters. The number of furan rings is 1. The molecule has 0 unspecified atom stereocenters. The van der Waals surface area contributed by atoms with E-state index in [9.17, 15) is 0 Å². The molecule has 0 aliphatic heterocycles. The first-order valence-corrected chi connectivity index (χ1v) is 14.1. The van der Waals surface area contributed by atoms with Crippen LogP contribution in [0.25, 0.3) is 78.0 Å². The van der Waals surface area contributed by atoms with Crippen molar-refractivity contribution in [1.82, 2.24) is 15.0 Å². The van der Waals surface area contributed by atoms with E-state index in [1.807, 2.05) is 97.1 Å². The van der Waals surface area contributed by atoms with Gasteiger partial charge in [0.25, 0.3) is 0 Å². The molecule has 198 valence electrons. The van der Waals surface area contributed by atoms with Crippen LogP contribution in [0.1, 0.15) is 0 Å². The number of hydrogen-bond donors (Lipinski definition) is 0. The molecule has 4 nitrogen and oxygen atoms in total. The average Bonchev–Trinajstić information content (AvgIpc) is 3.43. The third-order valence-electron chi connectivity index (χ3n) is 7.61. The Labute approximate surface area is 246 Å². The van der Waals surface area contributed by atoms with Crippen LogP contribution in [0.15, 0.2) is 138 Å². The van der Waals surface area contributed by atoms with Crippen LogP contribution in [0.4, 0.5) is 0 Å². The summed E-state index contributed by atoms with van der Waals surface area (Å²) < 4.78 is 6.21. The summed E-state index contributed by atoms with van der Waals surface area (Å²) in [6.07, 6.45) is 0. The Morgan fingerprint density at radius 3 is 1.76 bits per heavy atom. The molecule has 0 aliphatic carbocycles. The van der Waals surface area contributed by atoms with Gasteiger partial charge in [-0.3, -0.25) is 0 Å². The maximum absolute atomic E-state index is 6.85. The van der Waals surface area contributed by atoms with E-state index in [2.05, 4.69) is 36.4 Å². The van der Waals surface area contributed by atoms with Crippen LogP contribution < -0.4 is 0 Å². The minimum absolute atomic E-state index is 0.569. The Morgan fingerprint density at radius 2 is 1.00 bits per heavy atom. The van der Waals surface area contributed by atoms with E-state index in [-0.39, 0.29) is 0 Å². The van der Waals surface area contributed by atoms with Gasteiger partial charge in [0, 0.05) is 37.9 Å². The first kappa shape index (κ1) is 24.5. The highest BCUT2D eigenvalue weighted by Crippen LogP contribution is 2.41. The molecule has 0 saturated heterocycles. The Kier molecular flexibility index (Phi) is 5.80. The van der Waals surface area contributed by atoms with E-state index in [0.717, 1.165) is 60.5 Å². The van der Waals surface area contributed by atoms with E-state index in [0.29, 0.717) is 22.5 Å². The molecule has 42 heavy (non-hydrogen) atoms. The number of rotatable bonds is 4. The molecule has 0 spiro atoms. The van der Waals surface area contributed by atoms with Crippen LogP contribution in [0.3, 0.4) is 0 Å². The Balaban J connectivity index is 1.42. The molecule has 0 N–H and O–H groups in total. The predicted octanol–water partition coefficient (Wildman–Crippen LogP) is 10.2. The largest absolute Gasteiger partial charge is 0.456 e. The lowest BCUT2D eigenvalue weighted by Crippen LogP contribution is -2.02.